The number of alkyl halides is 6. The molecule has 1 aliphatic carbocycles. The molecule has 0 aromatic heterocycles. The van der Waals surface area contributed by atoms with Gasteiger partial charge in [-0.1, -0.05) is 13.0 Å². The third-order valence-electron chi connectivity index (χ3n) is 7.89. The van der Waals surface area contributed by atoms with E-state index in [9.17, 15) is 31.1 Å². The number of amides is 2. The van der Waals surface area contributed by atoms with Gasteiger partial charge in [0.25, 0.3) is 0 Å². The average molecular weight is 620 g/mol. The van der Waals surface area contributed by atoms with Crippen molar-refractivity contribution in [1.29, 1.82) is 0 Å². The summed E-state index contributed by atoms with van der Waals surface area (Å²) >= 11 is 0. The van der Waals surface area contributed by atoms with Gasteiger partial charge in [-0.15, -0.1) is 0 Å². The fourth-order valence-electron chi connectivity index (χ4n) is 5.91. The van der Waals surface area contributed by atoms with Crippen molar-refractivity contribution in [3.05, 3.63) is 53.6 Å². The molecule has 1 aliphatic heterocycles. The van der Waals surface area contributed by atoms with E-state index >= 15 is 0 Å². The van der Waals surface area contributed by atoms with Crippen molar-refractivity contribution in [2.45, 2.75) is 68.9 Å². The summed E-state index contributed by atoms with van der Waals surface area (Å²) in [4.78, 5) is 24.1. The molecule has 1 saturated carbocycles. The molecule has 3 atom stereocenters. The Hall–Kier alpha value is -3.68. The lowest BCUT2D eigenvalue weighted by Gasteiger charge is -2.45. The molecule has 2 aromatic rings. The molecule has 3 N–H and O–H groups in total. The maximum absolute atomic E-state index is 12.8. The number of fused-ring (bicyclic) bond motifs is 1. The maximum Gasteiger partial charge on any atom is 0.490 e. The van der Waals surface area contributed by atoms with Crippen molar-refractivity contribution in [1.82, 2.24) is 10.2 Å². The van der Waals surface area contributed by atoms with Gasteiger partial charge >= 0.3 is 24.4 Å². The van der Waals surface area contributed by atoms with E-state index < -0.39 is 29.9 Å². The predicted octanol–water partition coefficient (Wildman–Crippen LogP) is 6.45. The Bertz CT molecular complexity index is 1250. The zero-order chi connectivity index (χ0) is 32.0. The van der Waals surface area contributed by atoms with Gasteiger partial charge in [-0.3, -0.25) is 4.90 Å². The van der Waals surface area contributed by atoms with Gasteiger partial charge in [-0.05, 0) is 87.2 Å². The van der Waals surface area contributed by atoms with Crippen LogP contribution >= 0.6 is 0 Å². The smallest absolute Gasteiger partial charge is 0.490 e. The van der Waals surface area contributed by atoms with Crippen LogP contribution in [0.4, 0.5) is 36.8 Å². The number of carboxylic acid groups (broad SMARTS) is 1. The molecule has 1 saturated heterocycles. The van der Waals surface area contributed by atoms with Gasteiger partial charge in [0.2, 0.25) is 0 Å². The highest BCUT2D eigenvalue weighted by Gasteiger charge is 2.51. The maximum atomic E-state index is 12.8. The Morgan fingerprint density at radius 1 is 1.00 bits per heavy atom. The number of aliphatic carboxylic acids is 1. The molecule has 2 amide bonds. The lowest BCUT2D eigenvalue weighted by Crippen LogP contribution is -2.53. The van der Waals surface area contributed by atoms with Gasteiger partial charge in [0, 0.05) is 23.2 Å². The quantitative estimate of drug-likeness (QED) is 0.308. The molecule has 4 rings (SSSR count). The van der Waals surface area contributed by atoms with E-state index in [0.29, 0.717) is 17.2 Å². The van der Waals surface area contributed by atoms with E-state index in [1.807, 2.05) is 6.07 Å². The molecule has 2 fully saturated rings. The van der Waals surface area contributed by atoms with Crippen molar-refractivity contribution >= 4 is 17.7 Å². The number of urea groups is 1. The molecule has 238 valence electrons. The zero-order valence-electron chi connectivity index (χ0n) is 23.9. The predicted molar refractivity (Wildman–Crippen MR) is 146 cm³/mol. The van der Waals surface area contributed by atoms with E-state index in [2.05, 4.69) is 34.6 Å². The molecule has 0 radical (unpaired) electrons. The number of ether oxygens (including phenoxy) is 2. The van der Waals surface area contributed by atoms with E-state index in [1.165, 1.54) is 17.7 Å². The van der Waals surface area contributed by atoms with E-state index in [-0.39, 0.29) is 17.5 Å². The summed E-state index contributed by atoms with van der Waals surface area (Å²) in [5.74, 6) is -1.34. The molecule has 1 heterocycles. The first-order valence-corrected chi connectivity index (χ1v) is 13.7. The number of anilines is 1. The molecule has 14 heteroatoms. The molecular weight excluding hydrogens is 584 g/mol. The van der Waals surface area contributed by atoms with Gasteiger partial charge in [0.05, 0.1) is 19.8 Å². The molecule has 2 aromatic carbocycles. The summed E-state index contributed by atoms with van der Waals surface area (Å²) in [7, 11) is 3.27. The van der Waals surface area contributed by atoms with Gasteiger partial charge in [-0.2, -0.15) is 26.3 Å². The minimum atomic E-state index is -5.08. The van der Waals surface area contributed by atoms with Crippen LogP contribution in [-0.4, -0.2) is 67.6 Å². The number of carbonyl (C=O) groups is 2. The van der Waals surface area contributed by atoms with Crippen molar-refractivity contribution in [3.63, 3.8) is 0 Å². The second kappa shape index (κ2) is 13.7. The number of nitrogens with one attached hydrogen (secondary N) is 2. The summed E-state index contributed by atoms with van der Waals surface area (Å²) in [5.41, 5.74) is 0.780. The molecule has 8 nitrogen and oxygen atoms in total. The number of benzene rings is 2. The first kappa shape index (κ1) is 33.8. The lowest BCUT2D eigenvalue weighted by atomic mass is 9.65. The van der Waals surface area contributed by atoms with E-state index in [4.69, 9.17) is 19.4 Å². The Morgan fingerprint density at radius 2 is 1.63 bits per heavy atom. The van der Waals surface area contributed by atoms with Crippen molar-refractivity contribution in [2.75, 3.05) is 32.6 Å². The van der Waals surface area contributed by atoms with Gasteiger partial charge in [0.15, 0.2) is 11.5 Å². The van der Waals surface area contributed by atoms with E-state index in [1.54, 1.807) is 14.2 Å². The van der Waals surface area contributed by atoms with Crippen LogP contribution in [0.5, 0.6) is 11.5 Å². The first-order valence-electron chi connectivity index (χ1n) is 13.7. The number of methoxy groups -OCH3 is 2. The van der Waals surface area contributed by atoms with Crippen molar-refractivity contribution in [3.8, 4) is 11.5 Å². The minimum Gasteiger partial charge on any atom is -0.493 e. The number of hydrogen-bond acceptors (Lipinski definition) is 5. The second-order valence-corrected chi connectivity index (χ2v) is 10.5. The van der Waals surface area contributed by atoms with Crippen LogP contribution in [0.15, 0.2) is 42.5 Å². The van der Waals surface area contributed by atoms with Crippen LogP contribution in [0, 0.1) is 0 Å². The number of hydrogen-bond donors (Lipinski definition) is 3. The third kappa shape index (κ3) is 8.24. The first-order chi connectivity index (χ1) is 20.1. The number of halogens is 6. The molecule has 0 unspecified atom stereocenters. The molecule has 0 spiro atoms. The summed E-state index contributed by atoms with van der Waals surface area (Å²) in [5, 5.41) is 12.8. The highest BCUT2D eigenvalue weighted by molar-refractivity contribution is 5.89. The van der Waals surface area contributed by atoms with Crippen molar-refractivity contribution in [2.24, 2.45) is 0 Å². The summed E-state index contributed by atoms with van der Waals surface area (Å²) in [6.07, 6.45) is -4.88. The minimum absolute atomic E-state index is 0.0309. The largest absolute Gasteiger partial charge is 0.493 e. The van der Waals surface area contributed by atoms with E-state index in [0.717, 1.165) is 57.3 Å². The van der Waals surface area contributed by atoms with Crippen molar-refractivity contribution < 1.29 is 50.5 Å². The topological polar surface area (TPSA) is 100 Å². The SMILES string of the molecule is CCCN1CC[C@]2(c3ccc(OC)c(OC)c3)CC[C@@H](NC(=O)Nc3ccc(C(F)(F)F)cc3)C[C@H]12.O=C(O)C(F)(F)F. The third-order valence-corrected chi connectivity index (χ3v) is 7.89. The van der Waals surface area contributed by atoms with Crippen LogP contribution in [0.1, 0.15) is 50.2 Å². The molecular formula is C29H35F6N3O5. The molecule has 0 bridgehead atoms. The monoisotopic (exact) mass is 619 g/mol. The number of carboxylic acids is 1. The van der Waals surface area contributed by atoms with Crippen LogP contribution in [0.2, 0.25) is 0 Å². The normalized spacial score (nSPS) is 22.1. The van der Waals surface area contributed by atoms with Gasteiger partial charge < -0.3 is 25.2 Å². The van der Waals surface area contributed by atoms with Crippen LogP contribution in [0.3, 0.4) is 0 Å². The number of carbonyl (C=O) groups excluding carboxylic acids is 1. The summed E-state index contributed by atoms with van der Waals surface area (Å²) in [6.45, 7) is 4.16. The summed E-state index contributed by atoms with van der Waals surface area (Å²) in [6, 6.07) is 10.5. The Balaban J connectivity index is 0.000000646. The standard InChI is InChI=1S/C27H34F3N3O3.C2HF3O2/c1-4-14-33-15-13-26(19-7-10-22(35-2)23(16-19)36-3)12-11-21(17-24(26)33)32-25(34)31-20-8-5-18(6-9-20)27(28,29)30;3-2(4,5)1(6)7/h5-10,16,21,24H,4,11-15,17H2,1-3H3,(H2,31,32,34);(H,6,7)/t21-,24+,26+;/m1./s1. The number of likely N-dealkylation sites (tertiary alicyclic amines) is 1. The lowest BCUT2D eigenvalue weighted by molar-refractivity contribution is -0.192. The second-order valence-electron chi connectivity index (χ2n) is 10.5. The average Bonchev–Trinajstić information content (AvgIpc) is 3.31. The molecule has 43 heavy (non-hydrogen) atoms. The highest BCUT2D eigenvalue weighted by atomic mass is 19.4. The van der Waals surface area contributed by atoms with Crippen LogP contribution < -0.4 is 20.1 Å². The Kier molecular flexibility index (Phi) is 10.8. The number of rotatable bonds is 7. The Morgan fingerprint density at radius 3 is 2.16 bits per heavy atom. The Labute approximate surface area is 245 Å². The highest BCUT2D eigenvalue weighted by Crippen LogP contribution is 2.50. The molecule has 2 aliphatic rings. The van der Waals surface area contributed by atoms with Gasteiger partial charge in [0.1, 0.15) is 0 Å². The number of nitrogens with zero attached hydrogens (tertiary/aromatic N) is 1. The van der Waals surface area contributed by atoms with Gasteiger partial charge in [-0.25, -0.2) is 9.59 Å². The van der Waals surface area contributed by atoms with Crippen LogP contribution in [0.25, 0.3) is 0 Å². The zero-order valence-corrected chi connectivity index (χ0v) is 23.9. The summed E-state index contributed by atoms with van der Waals surface area (Å²) < 4.78 is 81.2. The van der Waals surface area contributed by atoms with Crippen LogP contribution in [-0.2, 0) is 16.4 Å². The fourth-order valence-corrected chi connectivity index (χ4v) is 5.91. The fraction of sp³-hybridized carbons (Fsp3) is 0.517.